The van der Waals surface area contributed by atoms with Gasteiger partial charge < -0.3 is 13.9 Å². The largest absolute Gasteiger partial charge is 0.493 e. The van der Waals surface area contributed by atoms with Gasteiger partial charge in [-0.05, 0) is 35.9 Å². The number of hydrogen-bond donors (Lipinski definition) is 0. The quantitative estimate of drug-likeness (QED) is 0.269. The smallest absolute Gasteiger partial charge is 0.347 e. The molecule has 0 aliphatic carbocycles. The van der Waals surface area contributed by atoms with E-state index in [1.54, 1.807) is 36.4 Å². The Balaban J connectivity index is 1.90. The molecule has 3 rings (SSSR count). The lowest BCUT2D eigenvalue weighted by Gasteiger charge is -2.11. The van der Waals surface area contributed by atoms with E-state index in [9.17, 15) is 9.59 Å². The van der Waals surface area contributed by atoms with Gasteiger partial charge in [0.15, 0.2) is 17.3 Å². The van der Waals surface area contributed by atoms with Crippen molar-refractivity contribution in [3.05, 3.63) is 75.1 Å². The maximum atomic E-state index is 12.5. The van der Waals surface area contributed by atoms with E-state index in [0.717, 1.165) is 0 Å². The first-order valence-corrected chi connectivity index (χ1v) is 8.60. The van der Waals surface area contributed by atoms with E-state index in [-0.39, 0.29) is 17.2 Å². The zero-order valence-electron chi connectivity index (χ0n) is 14.9. The third kappa shape index (κ3) is 4.08. The third-order valence-corrected chi connectivity index (χ3v) is 4.17. The SMILES string of the molecule is C#CCOc1c(Cl)cc(/C=C/C(=O)c2cc3ccccc3oc2=O)cc1OC. The summed E-state index contributed by atoms with van der Waals surface area (Å²) < 4.78 is 15.8. The van der Waals surface area contributed by atoms with Crippen molar-refractivity contribution in [2.45, 2.75) is 0 Å². The molecule has 3 aromatic rings. The van der Waals surface area contributed by atoms with Gasteiger partial charge in [-0.25, -0.2) is 4.79 Å². The molecule has 140 valence electrons. The molecule has 0 bridgehead atoms. The normalized spacial score (nSPS) is 10.8. The summed E-state index contributed by atoms with van der Waals surface area (Å²) in [6.45, 7) is 0.0431. The molecular weight excluding hydrogens is 380 g/mol. The van der Waals surface area contributed by atoms with Crippen LogP contribution in [-0.4, -0.2) is 19.5 Å². The molecular formula is C22H15ClO5. The van der Waals surface area contributed by atoms with Crippen molar-refractivity contribution < 1.29 is 18.7 Å². The van der Waals surface area contributed by atoms with Gasteiger partial charge in [0.25, 0.3) is 0 Å². The van der Waals surface area contributed by atoms with Gasteiger partial charge in [-0.2, -0.15) is 0 Å². The van der Waals surface area contributed by atoms with Crippen LogP contribution in [0.25, 0.3) is 17.0 Å². The second-order valence-electron chi connectivity index (χ2n) is 5.71. The second-order valence-corrected chi connectivity index (χ2v) is 6.12. The van der Waals surface area contributed by atoms with Crippen LogP contribution in [0.2, 0.25) is 5.02 Å². The Kier molecular flexibility index (Phi) is 5.83. The van der Waals surface area contributed by atoms with E-state index < -0.39 is 11.4 Å². The number of allylic oxidation sites excluding steroid dienone is 1. The molecule has 0 unspecified atom stereocenters. The van der Waals surface area contributed by atoms with Crippen molar-refractivity contribution in [3.8, 4) is 23.8 Å². The summed E-state index contributed by atoms with van der Waals surface area (Å²) in [5.74, 6) is 2.56. The lowest BCUT2D eigenvalue weighted by Crippen LogP contribution is -2.11. The highest BCUT2D eigenvalue weighted by atomic mass is 35.5. The van der Waals surface area contributed by atoms with E-state index in [0.29, 0.717) is 28.0 Å². The number of benzene rings is 2. The summed E-state index contributed by atoms with van der Waals surface area (Å²) in [5.41, 5.74) is 0.268. The third-order valence-electron chi connectivity index (χ3n) is 3.89. The molecule has 6 heteroatoms. The van der Waals surface area contributed by atoms with Crippen molar-refractivity contribution in [3.63, 3.8) is 0 Å². The molecule has 28 heavy (non-hydrogen) atoms. The molecule has 1 aromatic heterocycles. The number of rotatable bonds is 6. The summed E-state index contributed by atoms with van der Waals surface area (Å²) in [6, 6.07) is 11.7. The lowest BCUT2D eigenvalue weighted by atomic mass is 10.1. The number of halogens is 1. The first-order chi connectivity index (χ1) is 13.5. The van der Waals surface area contributed by atoms with Crippen molar-refractivity contribution in [2.75, 3.05) is 13.7 Å². The Morgan fingerprint density at radius 3 is 2.82 bits per heavy atom. The van der Waals surface area contributed by atoms with Gasteiger partial charge in [-0.1, -0.05) is 41.8 Å². The molecule has 1 heterocycles. The zero-order chi connectivity index (χ0) is 20.1. The van der Waals surface area contributed by atoms with Crippen molar-refractivity contribution in [2.24, 2.45) is 0 Å². The Hall–Kier alpha value is -3.49. The minimum Gasteiger partial charge on any atom is -0.493 e. The van der Waals surface area contributed by atoms with Crippen LogP contribution in [0.15, 0.2) is 57.8 Å². The van der Waals surface area contributed by atoms with Crippen LogP contribution >= 0.6 is 11.6 Å². The molecule has 0 saturated carbocycles. The number of carbonyl (C=O) groups is 1. The maximum Gasteiger partial charge on any atom is 0.347 e. The van der Waals surface area contributed by atoms with E-state index in [1.165, 1.54) is 25.3 Å². The molecule has 0 aliphatic rings. The average Bonchev–Trinajstić information content (AvgIpc) is 2.70. The number of ketones is 1. The maximum absolute atomic E-state index is 12.5. The highest BCUT2D eigenvalue weighted by Gasteiger charge is 2.13. The van der Waals surface area contributed by atoms with Gasteiger partial charge in [0.2, 0.25) is 0 Å². The molecule has 0 fully saturated rings. The van der Waals surface area contributed by atoms with Gasteiger partial charge in [0.05, 0.1) is 12.1 Å². The zero-order valence-corrected chi connectivity index (χ0v) is 15.7. The van der Waals surface area contributed by atoms with Crippen LogP contribution in [0.4, 0.5) is 0 Å². The molecule has 0 aliphatic heterocycles. The number of carbonyl (C=O) groups excluding carboxylic acids is 1. The van der Waals surface area contributed by atoms with Crippen LogP contribution in [0.3, 0.4) is 0 Å². The highest BCUT2D eigenvalue weighted by molar-refractivity contribution is 6.32. The fourth-order valence-electron chi connectivity index (χ4n) is 2.59. The summed E-state index contributed by atoms with van der Waals surface area (Å²) in [4.78, 5) is 24.6. The van der Waals surface area contributed by atoms with Gasteiger partial charge >= 0.3 is 5.63 Å². The van der Waals surface area contributed by atoms with Gasteiger partial charge in [0.1, 0.15) is 17.8 Å². The van der Waals surface area contributed by atoms with Crippen molar-refractivity contribution >= 4 is 34.4 Å². The van der Waals surface area contributed by atoms with E-state index in [1.807, 2.05) is 0 Å². The van der Waals surface area contributed by atoms with Crippen LogP contribution in [-0.2, 0) is 0 Å². The number of para-hydroxylation sites is 1. The number of methoxy groups -OCH3 is 1. The monoisotopic (exact) mass is 394 g/mol. The van der Waals surface area contributed by atoms with Crippen LogP contribution in [0.1, 0.15) is 15.9 Å². The predicted octanol–water partition coefficient (Wildman–Crippen LogP) is 4.36. The summed E-state index contributed by atoms with van der Waals surface area (Å²) in [6.07, 6.45) is 7.99. The molecule has 0 spiro atoms. The van der Waals surface area contributed by atoms with Gasteiger partial charge in [0, 0.05) is 5.39 Å². The summed E-state index contributed by atoms with van der Waals surface area (Å²) in [7, 11) is 1.47. The second kappa shape index (κ2) is 8.47. The highest BCUT2D eigenvalue weighted by Crippen LogP contribution is 2.36. The minimum atomic E-state index is -0.693. The number of ether oxygens (including phenoxy) is 2. The molecule has 5 nitrogen and oxygen atoms in total. The fourth-order valence-corrected chi connectivity index (χ4v) is 2.86. The van der Waals surface area contributed by atoms with E-state index in [2.05, 4.69) is 5.92 Å². The first-order valence-electron chi connectivity index (χ1n) is 8.22. The standard InChI is InChI=1S/C22H15ClO5/c1-3-10-27-21-17(23)11-14(12-20(21)26-2)8-9-18(24)16-13-15-6-4-5-7-19(15)28-22(16)25/h1,4-9,11-13H,10H2,2H3/b9-8+. The molecule has 0 atom stereocenters. The molecule has 0 radical (unpaired) electrons. The number of terminal acetylenes is 1. The lowest BCUT2D eigenvalue weighted by molar-refractivity contribution is 0.104. The first kappa shape index (κ1) is 19.3. The van der Waals surface area contributed by atoms with Gasteiger partial charge in [-0.15, -0.1) is 6.42 Å². The topological polar surface area (TPSA) is 65.7 Å². The van der Waals surface area contributed by atoms with Crippen LogP contribution in [0, 0.1) is 12.3 Å². The summed E-state index contributed by atoms with van der Waals surface area (Å²) >= 11 is 6.21. The Bertz CT molecular complexity index is 1170. The molecule has 0 amide bonds. The fraction of sp³-hybridized carbons (Fsp3) is 0.0909. The molecule has 0 saturated heterocycles. The van der Waals surface area contributed by atoms with Crippen LogP contribution in [0.5, 0.6) is 11.5 Å². The van der Waals surface area contributed by atoms with E-state index >= 15 is 0 Å². The van der Waals surface area contributed by atoms with Crippen LogP contribution < -0.4 is 15.1 Å². The minimum absolute atomic E-state index is 0.0431. The van der Waals surface area contributed by atoms with Crippen molar-refractivity contribution in [1.29, 1.82) is 0 Å². The van der Waals surface area contributed by atoms with Crippen molar-refractivity contribution in [1.82, 2.24) is 0 Å². The number of fused-ring (bicyclic) bond motifs is 1. The Labute approximate surface area is 166 Å². The Morgan fingerprint density at radius 2 is 2.07 bits per heavy atom. The Morgan fingerprint density at radius 1 is 1.29 bits per heavy atom. The van der Waals surface area contributed by atoms with E-state index in [4.69, 9.17) is 31.9 Å². The predicted molar refractivity (Wildman–Crippen MR) is 108 cm³/mol. The molecule has 0 N–H and O–H groups in total. The number of hydrogen-bond acceptors (Lipinski definition) is 5. The van der Waals surface area contributed by atoms with Gasteiger partial charge in [-0.3, -0.25) is 4.79 Å². The molecule has 2 aromatic carbocycles. The summed E-state index contributed by atoms with van der Waals surface area (Å²) in [5, 5.41) is 0.950. The average molecular weight is 395 g/mol.